The smallest absolute Gasteiger partial charge is 0.289 e. The van der Waals surface area contributed by atoms with E-state index in [2.05, 4.69) is 0 Å². The van der Waals surface area contributed by atoms with E-state index >= 15 is 0 Å². The van der Waals surface area contributed by atoms with Gasteiger partial charge in [0.25, 0.3) is 25.7 Å². The zero-order valence-corrected chi connectivity index (χ0v) is 17.9. The number of anilines is 1. The summed E-state index contributed by atoms with van der Waals surface area (Å²) in [5, 5.41) is 10.7. The molecule has 1 heterocycles. The lowest BCUT2D eigenvalue weighted by Gasteiger charge is -2.19. The van der Waals surface area contributed by atoms with Crippen molar-refractivity contribution in [2.75, 3.05) is 18.5 Å². The molecule has 1 aliphatic heterocycles. The normalized spacial score (nSPS) is 15.0. The zero-order chi connectivity index (χ0) is 22.3. The van der Waals surface area contributed by atoms with Gasteiger partial charge in [0, 0.05) is 31.8 Å². The molecule has 0 radical (unpaired) electrons. The first-order chi connectivity index (χ1) is 14.0. The van der Waals surface area contributed by atoms with Gasteiger partial charge in [-0.3, -0.25) is 14.9 Å². The van der Waals surface area contributed by atoms with Gasteiger partial charge >= 0.3 is 0 Å². The molecule has 1 fully saturated rings. The summed E-state index contributed by atoms with van der Waals surface area (Å²) in [7, 11) is -8.30. The summed E-state index contributed by atoms with van der Waals surface area (Å²) in [6.07, 6.45) is 1.11. The number of nitro groups is 1. The van der Waals surface area contributed by atoms with Gasteiger partial charge in [-0.2, -0.15) is 0 Å². The van der Waals surface area contributed by atoms with Crippen molar-refractivity contribution in [1.82, 2.24) is 3.71 Å². The van der Waals surface area contributed by atoms with Crippen molar-refractivity contribution in [1.29, 1.82) is 0 Å². The minimum Gasteiger partial charge on any atom is -0.312 e. The van der Waals surface area contributed by atoms with Crippen LogP contribution in [0.5, 0.6) is 0 Å². The second kappa shape index (κ2) is 7.95. The highest BCUT2D eigenvalue weighted by Gasteiger charge is 2.34. The highest BCUT2D eigenvalue weighted by Crippen LogP contribution is 2.30. The molecular formula is C17H16ClN3O7S2. The number of hydrogen-bond donors (Lipinski definition) is 0. The SMILES string of the molecule is CN(S(=O)(=O)c1ccc(N2CCCC2=O)cc1)S(=O)(=O)c1ccc(Cl)c([N+](=O)[O-])c1. The Morgan fingerprint density at radius 1 is 1.03 bits per heavy atom. The van der Waals surface area contributed by atoms with E-state index in [1.54, 1.807) is 0 Å². The van der Waals surface area contributed by atoms with E-state index in [1.807, 2.05) is 0 Å². The lowest BCUT2D eigenvalue weighted by atomic mass is 10.3. The van der Waals surface area contributed by atoms with Crippen molar-refractivity contribution in [3.8, 4) is 0 Å². The van der Waals surface area contributed by atoms with Crippen LogP contribution in [0.1, 0.15) is 12.8 Å². The van der Waals surface area contributed by atoms with E-state index in [4.69, 9.17) is 11.6 Å². The van der Waals surface area contributed by atoms with Crippen molar-refractivity contribution in [3.05, 3.63) is 57.6 Å². The van der Waals surface area contributed by atoms with Gasteiger partial charge in [-0.25, -0.2) is 16.8 Å². The lowest BCUT2D eigenvalue weighted by molar-refractivity contribution is -0.384. The summed E-state index contributed by atoms with van der Waals surface area (Å²) in [6, 6.07) is 7.94. The summed E-state index contributed by atoms with van der Waals surface area (Å²) in [5.41, 5.74) is -0.154. The maximum Gasteiger partial charge on any atom is 0.289 e. The molecule has 10 nitrogen and oxygen atoms in total. The summed E-state index contributed by atoms with van der Waals surface area (Å²) in [5.74, 6) is -0.0744. The van der Waals surface area contributed by atoms with Gasteiger partial charge in [0.15, 0.2) is 0 Å². The topological polar surface area (TPSA) is 135 Å². The van der Waals surface area contributed by atoms with Gasteiger partial charge in [0.1, 0.15) is 5.02 Å². The first-order valence-corrected chi connectivity index (χ1v) is 11.8. The molecule has 0 N–H and O–H groups in total. The number of hydrogen-bond acceptors (Lipinski definition) is 7. The molecule has 13 heteroatoms. The highest BCUT2D eigenvalue weighted by molar-refractivity contribution is 8.04. The number of rotatable bonds is 6. The highest BCUT2D eigenvalue weighted by atomic mass is 35.5. The lowest BCUT2D eigenvalue weighted by Crippen LogP contribution is -2.33. The maximum absolute atomic E-state index is 12.8. The predicted molar refractivity (Wildman–Crippen MR) is 108 cm³/mol. The van der Waals surface area contributed by atoms with Crippen molar-refractivity contribution in [2.24, 2.45) is 0 Å². The molecule has 160 valence electrons. The van der Waals surface area contributed by atoms with Crippen LogP contribution in [0.25, 0.3) is 0 Å². The van der Waals surface area contributed by atoms with Gasteiger partial charge in [-0.1, -0.05) is 15.3 Å². The van der Waals surface area contributed by atoms with Gasteiger partial charge < -0.3 is 4.90 Å². The van der Waals surface area contributed by atoms with E-state index in [-0.39, 0.29) is 19.5 Å². The molecule has 0 aromatic heterocycles. The summed E-state index contributed by atoms with van der Waals surface area (Å²) in [4.78, 5) is 22.6. The molecule has 0 atom stereocenters. The Kier molecular flexibility index (Phi) is 5.87. The number of carbonyl (C=O) groups excluding carboxylic acids is 1. The number of nitrogens with zero attached hydrogens (tertiary/aromatic N) is 3. The monoisotopic (exact) mass is 473 g/mol. The van der Waals surface area contributed by atoms with Crippen LogP contribution in [-0.4, -0.2) is 45.0 Å². The van der Waals surface area contributed by atoms with Crippen molar-refractivity contribution >= 4 is 48.9 Å². The Morgan fingerprint density at radius 3 is 2.13 bits per heavy atom. The minimum absolute atomic E-state index is 0.0744. The summed E-state index contributed by atoms with van der Waals surface area (Å²) >= 11 is 5.69. The molecule has 30 heavy (non-hydrogen) atoms. The molecule has 0 spiro atoms. The quantitative estimate of drug-likeness (QED) is 0.464. The second-order valence-electron chi connectivity index (χ2n) is 6.40. The number of nitro benzene ring substituents is 1. The van der Waals surface area contributed by atoms with Gasteiger partial charge in [0.05, 0.1) is 14.7 Å². The van der Waals surface area contributed by atoms with Crippen molar-refractivity contribution < 1.29 is 26.6 Å². The molecule has 0 unspecified atom stereocenters. The molecule has 1 saturated heterocycles. The third kappa shape index (κ3) is 3.90. The van der Waals surface area contributed by atoms with Crippen LogP contribution in [0.3, 0.4) is 0 Å². The predicted octanol–water partition coefficient (Wildman–Crippen LogP) is 2.38. The molecule has 3 rings (SSSR count). The van der Waals surface area contributed by atoms with Crippen LogP contribution in [0.2, 0.25) is 5.02 Å². The average Bonchev–Trinajstić information content (AvgIpc) is 3.13. The fraction of sp³-hybridized carbons (Fsp3) is 0.235. The van der Waals surface area contributed by atoms with Gasteiger partial charge in [0.2, 0.25) is 5.91 Å². The first kappa shape index (κ1) is 22.2. The number of benzene rings is 2. The summed E-state index contributed by atoms with van der Waals surface area (Å²) < 4.78 is 51.4. The van der Waals surface area contributed by atoms with Crippen LogP contribution >= 0.6 is 11.6 Å². The van der Waals surface area contributed by atoms with Crippen molar-refractivity contribution in [3.63, 3.8) is 0 Å². The first-order valence-electron chi connectivity index (χ1n) is 8.55. The fourth-order valence-electron chi connectivity index (χ4n) is 2.94. The molecule has 0 aliphatic carbocycles. The molecule has 1 aliphatic rings. The molecule has 0 saturated carbocycles. The van der Waals surface area contributed by atoms with Gasteiger partial charge in [-0.05, 0) is 42.8 Å². The Morgan fingerprint density at radius 2 is 1.60 bits per heavy atom. The molecule has 0 bridgehead atoms. The van der Waals surface area contributed by atoms with E-state index in [0.717, 1.165) is 19.2 Å². The number of halogens is 1. The average molecular weight is 474 g/mol. The van der Waals surface area contributed by atoms with E-state index in [1.165, 1.54) is 29.2 Å². The van der Waals surface area contributed by atoms with Crippen molar-refractivity contribution in [2.45, 2.75) is 22.6 Å². The van der Waals surface area contributed by atoms with Crippen LogP contribution in [-0.2, 0) is 24.8 Å². The Bertz CT molecular complexity index is 1230. The Hall–Kier alpha value is -2.54. The molecular weight excluding hydrogens is 458 g/mol. The zero-order valence-electron chi connectivity index (χ0n) is 15.6. The van der Waals surface area contributed by atoms with E-state index in [0.29, 0.717) is 31.1 Å². The van der Waals surface area contributed by atoms with Crippen LogP contribution in [0.4, 0.5) is 11.4 Å². The number of sulfonamides is 2. The fourth-order valence-corrected chi connectivity index (χ4v) is 6.25. The summed E-state index contributed by atoms with van der Waals surface area (Å²) in [6.45, 7) is 0.522. The van der Waals surface area contributed by atoms with Gasteiger partial charge in [-0.15, -0.1) is 0 Å². The Labute approximate surface area is 177 Å². The van der Waals surface area contributed by atoms with Crippen LogP contribution < -0.4 is 4.90 Å². The molecule has 2 aromatic rings. The van der Waals surface area contributed by atoms with Crippen LogP contribution in [0.15, 0.2) is 52.3 Å². The van der Waals surface area contributed by atoms with Crippen LogP contribution in [0, 0.1) is 10.1 Å². The number of carbonyl (C=O) groups is 1. The van der Waals surface area contributed by atoms with E-state index in [9.17, 15) is 31.7 Å². The standard InChI is InChI=1S/C17H16ClN3O7S2/c1-19(30(27,28)14-8-9-15(18)16(11-14)21(23)24)29(25,26)13-6-4-12(5-7-13)20-10-2-3-17(20)22/h4-9,11H,2-3,10H2,1H3. The third-order valence-corrected chi connectivity index (χ3v) is 9.18. The number of amides is 1. The second-order valence-corrected chi connectivity index (χ2v) is 11.0. The largest absolute Gasteiger partial charge is 0.312 e. The third-order valence-electron chi connectivity index (χ3n) is 4.61. The molecule has 2 aromatic carbocycles. The Balaban J connectivity index is 1.95. The minimum atomic E-state index is -4.63. The van der Waals surface area contributed by atoms with E-state index < -0.39 is 35.6 Å². The molecule has 1 amide bonds. The maximum atomic E-state index is 12.8.